The Labute approximate surface area is 157 Å². The van der Waals surface area contributed by atoms with Crippen LogP contribution in [0, 0.1) is 0 Å². The summed E-state index contributed by atoms with van der Waals surface area (Å²) in [5.74, 6) is 1.56. The second kappa shape index (κ2) is 8.28. The van der Waals surface area contributed by atoms with Gasteiger partial charge in [-0.2, -0.15) is 4.98 Å². The van der Waals surface area contributed by atoms with Crippen molar-refractivity contribution in [3.05, 3.63) is 53.9 Å². The summed E-state index contributed by atoms with van der Waals surface area (Å²) < 4.78 is 5.50. The first kappa shape index (κ1) is 17.6. The highest BCUT2D eigenvalue weighted by molar-refractivity contribution is 5.82. The van der Waals surface area contributed by atoms with E-state index in [2.05, 4.69) is 31.7 Å². The minimum Gasteiger partial charge on any atom is -0.395 e. The van der Waals surface area contributed by atoms with Crippen molar-refractivity contribution < 1.29 is 9.84 Å². The molecular weight excluding hydrogens is 342 g/mol. The molecule has 3 N–H and O–H groups in total. The zero-order valence-corrected chi connectivity index (χ0v) is 15.1. The number of hydrogen-bond acceptors (Lipinski definition) is 7. The molecule has 1 aliphatic heterocycles. The van der Waals surface area contributed by atoms with E-state index in [9.17, 15) is 0 Å². The lowest BCUT2D eigenvalue weighted by Crippen LogP contribution is -2.13. The molecule has 7 heteroatoms. The van der Waals surface area contributed by atoms with Gasteiger partial charge in [-0.15, -0.1) is 0 Å². The van der Waals surface area contributed by atoms with Crippen LogP contribution in [0.1, 0.15) is 23.6 Å². The minimum absolute atomic E-state index is 0.0336. The maximum absolute atomic E-state index is 9.07. The van der Waals surface area contributed by atoms with Crippen LogP contribution in [-0.2, 0) is 11.3 Å². The van der Waals surface area contributed by atoms with E-state index in [-0.39, 0.29) is 12.5 Å². The molecule has 3 aromatic rings. The number of benzene rings is 1. The molecule has 0 spiro atoms. The molecule has 3 heterocycles. The van der Waals surface area contributed by atoms with E-state index < -0.39 is 0 Å². The highest BCUT2D eigenvalue weighted by atomic mass is 16.5. The Balaban J connectivity index is 1.57. The van der Waals surface area contributed by atoms with Crippen molar-refractivity contribution in [3.63, 3.8) is 0 Å². The average Bonchev–Trinajstić information content (AvgIpc) is 3.25. The summed E-state index contributed by atoms with van der Waals surface area (Å²) in [4.78, 5) is 13.5. The number of pyridine rings is 1. The van der Waals surface area contributed by atoms with Crippen LogP contribution < -0.4 is 10.6 Å². The van der Waals surface area contributed by atoms with E-state index in [0.717, 1.165) is 41.0 Å². The molecule has 1 fully saturated rings. The second-order valence-corrected chi connectivity index (χ2v) is 6.55. The summed E-state index contributed by atoms with van der Waals surface area (Å²) in [6.07, 6.45) is 2.79. The third kappa shape index (κ3) is 4.15. The average molecular weight is 365 g/mol. The van der Waals surface area contributed by atoms with Crippen LogP contribution in [0.15, 0.2) is 42.6 Å². The van der Waals surface area contributed by atoms with Crippen molar-refractivity contribution in [1.82, 2.24) is 15.0 Å². The largest absolute Gasteiger partial charge is 0.395 e. The topological polar surface area (TPSA) is 92.2 Å². The lowest BCUT2D eigenvalue weighted by atomic mass is 10.0. The van der Waals surface area contributed by atoms with Crippen LogP contribution in [0.2, 0.25) is 0 Å². The van der Waals surface area contributed by atoms with Crippen LogP contribution in [0.3, 0.4) is 0 Å². The van der Waals surface area contributed by atoms with Gasteiger partial charge >= 0.3 is 0 Å². The normalized spacial score (nSPS) is 16.6. The van der Waals surface area contributed by atoms with Gasteiger partial charge in [0.25, 0.3) is 0 Å². The molecule has 1 aromatic carbocycles. The standard InChI is InChI=1S/C20H23N5O2/c26-9-8-22-20-24-18(15-6-10-27-13-15)11-19(25-20)23-12-14-5-7-21-17-4-2-1-3-16(14)17/h1-5,7,11,15,26H,6,8-10,12-13H2,(H2,22,23,24,25). The number of aliphatic hydroxyl groups excluding tert-OH is 1. The van der Waals surface area contributed by atoms with Gasteiger partial charge in [-0.05, 0) is 24.1 Å². The Hall–Kier alpha value is -2.77. The number of aliphatic hydroxyl groups is 1. The molecule has 0 bridgehead atoms. The molecule has 1 saturated heterocycles. The summed E-state index contributed by atoms with van der Waals surface area (Å²) in [6, 6.07) is 12.1. The van der Waals surface area contributed by atoms with Crippen molar-refractivity contribution >= 4 is 22.7 Å². The SMILES string of the molecule is OCCNc1nc(NCc2ccnc3ccccc23)cc(C2CCOC2)n1. The number of aromatic nitrogens is 3. The zero-order chi connectivity index (χ0) is 18.5. The first-order valence-electron chi connectivity index (χ1n) is 9.21. The predicted octanol–water partition coefficient (Wildman–Crippen LogP) is 2.54. The second-order valence-electron chi connectivity index (χ2n) is 6.55. The van der Waals surface area contributed by atoms with Crippen molar-refractivity contribution in [3.8, 4) is 0 Å². The van der Waals surface area contributed by atoms with Gasteiger partial charge in [0.2, 0.25) is 5.95 Å². The van der Waals surface area contributed by atoms with Crippen molar-refractivity contribution in [2.75, 3.05) is 37.0 Å². The third-order valence-corrected chi connectivity index (χ3v) is 4.69. The lowest BCUT2D eigenvalue weighted by Gasteiger charge is -2.14. The molecule has 4 rings (SSSR count). The molecule has 0 saturated carbocycles. The molecule has 1 atom stereocenters. The van der Waals surface area contributed by atoms with Gasteiger partial charge in [-0.1, -0.05) is 18.2 Å². The van der Waals surface area contributed by atoms with Gasteiger partial charge in [0.05, 0.1) is 24.4 Å². The number of rotatable bonds is 7. The van der Waals surface area contributed by atoms with Crippen LogP contribution in [0.5, 0.6) is 0 Å². The number of para-hydroxylation sites is 1. The molecule has 0 amide bonds. The summed E-state index contributed by atoms with van der Waals surface area (Å²) in [6.45, 7) is 2.54. The molecule has 27 heavy (non-hydrogen) atoms. The third-order valence-electron chi connectivity index (χ3n) is 4.69. The monoisotopic (exact) mass is 365 g/mol. The number of anilines is 2. The van der Waals surface area contributed by atoms with Crippen LogP contribution in [0.4, 0.5) is 11.8 Å². The molecular formula is C20H23N5O2. The number of ether oxygens (including phenoxy) is 1. The number of hydrogen-bond donors (Lipinski definition) is 3. The predicted molar refractivity (Wildman–Crippen MR) is 105 cm³/mol. The molecule has 7 nitrogen and oxygen atoms in total. The Kier molecular flexibility index (Phi) is 5.41. The van der Waals surface area contributed by atoms with Gasteiger partial charge < -0.3 is 20.5 Å². The Bertz CT molecular complexity index is 907. The molecule has 1 unspecified atom stereocenters. The molecule has 140 valence electrons. The van der Waals surface area contributed by atoms with Crippen molar-refractivity contribution in [2.45, 2.75) is 18.9 Å². The number of nitrogens with zero attached hydrogens (tertiary/aromatic N) is 3. The Morgan fingerprint density at radius 3 is 2.93 bits per heavy atom. The number of nitrogens with one attached hydrogen (secondary N) is 2. The summed E-state index contributed by atoms with van der Waals surface area (Å²) >= 11 is 0. The van der Waals surface area contributed by atoms with Gasteiger partial charge in [0.1, 0.15) is 5.82 Å². The van der Waals surface area contributed by atoms with Crippen molar-refractivity contribution in [2.24, 2.45) is 0 Å². The summed E-state index contributed by atoms with van der Waals surface area (Å²) in [5, 5.41) is 16.7. The molecule has 1 aliphatic rings. The van der Waals surface area contributed by atoms with E-state index in [1.165, 1.54) is 0 Å². The zero-order valence-electron chi connectivity index (χ0n) is 15.1. The van der Waals surface area contributed by atoms with E-state index in [1.807, 2.05) is 36.5 Å². The molecule has 2 aromatic heterocycles. The Morgan fingerprint density at radius 1 is 1.15 bits per heavy atom. The fraction of sp³-hybridized carbons (Fsp3) is 0.350. The summed E-state index contributed by atoms with van der Waals surface area (Å²) in [5.41, 5.74) is 3.11. The van der Waals surface area contributed by atoms with E-state index in [1.54, 1.807) is 0 Å². The van der Waals surface area contributed by atoms with Gasteiger partial charge in [0, 0.05) is 43.3 Å². The lowest BCUT2D eigenvalue weighted by molar-refractivity contribution is 0.193. The van der Waals surface area contributed by atoms with Gasteiger partial charge in [-0.3, -0.25) is 4.98 Å². The minimum atomic E-state index is 0.0336. The quantitative estimate of drug-likeness (QED) is 0.592. The maximum Gasteiger partial charge on any atom is 0.224 e. The van der Waals surface area contributed by atoms with Crippen LogP contribution in [0.25, 0.3) is 10.9 Å². The van der Waals surface area contributed by atoms with E-state index in [0.29, 0.717) is 25.6 Å². The highest BCUT2D eigenvalue weighted by Crippen LogP contribution is 2.26. The fourth-order valence-corrected chi connectivity index (χ4v) is 3.28. The molecule has 0 aliphatic carbocycles. The summed E-state index contributed by atoms with van der Waals surface area (Å²) in [7, 11) is 0. The van der Waals surface area contributed by atoms with Crippen LogP contribution >= 0.6 is 0 Å². The van der Waals surface area contributed by atoms with E-state index in [4.69, 9.17) is 9.84 Å². The van der Waals surface area contributed by atoms with E-state index >= 15 is 0 Å². The fourth-order valence-electron chi connectivity index (χ4n) is 3.28. The number of fused-ring (bicyclic) bond motifs is 1. The maximum atomic E-state index is 9.07. The first-order valence-corrected chi connectivity index (χ1v) is 9.21. The molecule has 0 radical (unpaired) electrons. The highest BCUT2D eigenvalue weighted by Gasteiger charge is 2.20. The van der Waals surface area contributed by atoms with Gasteiger partial charge in [0.15, 0.2) is 0 Å². The Morgan fingerprint density at radius 2 is 2.07 bits per heavy atom. The van der Waals surface area contributed by atoms with Crippen LogP contribution in [-0.4, -0.2) is 46.4 Å². The smallest absolute Gasteiger partial charge is 0.224 e. The van der Waals surface area contributed by atoms with Crippen molar-refractivity contribution in [1.29, 1.82) is 0 Å². The first-order chi connectivity index (χ1) is 13.3. The van der Waals surface area contributed by atoms with Gasteiger partial charge in [-0.25, -0.2) is 4.98 Å².